The zero-order chi connectivity index (χ0) is 17.2. The molecule has 4 heteroatoms. The SMILES string of the molecule is CCCCN(CCC(=O)N(Cc1ccccc1)C(C)C)C(C)=O. The summed E-state index contributed by atoms with van der Waals surface area (Å²) >= 11 is 0. The van der Waals surface area contributed by atoms with E-state index in [1.807, 2.05) is 49.1 Å². The van der Waals surface area contributed by atoms with E-state index in [9.17, 15) is 9.59 Å². The summed E-state index contributed by atoms with van der Waals surface area (Å²) in [5.74, 6) is 0.150. The molecule has 0 fully saturated rings. The largest absolute Gasteiger partial charge is 0.342 e. The van der Waals surface area contributed by atoms with Gasteiger partial charge in [-0.3, -0.25) is 9.59 Å². The Bertz CT molecular complexity index is 485. The molecule has 1 aromatic rings. The Morgan fingerprint density at radius 1 is 1.09 bits per heavy atom. The highest BCUT2D eigenvalue weighted by atomic mass is 16.2. The first kappa shape index (κ1) is 19.2. The smallest absolute Gasteiger partial charge is 0.224 e. The number of amides is 2. The summed E-state index contributed by atoms with van der Waals surface area (Å²) in [5.41, 5.74) is 1.13. The molecule has 4 nitrogen and oxygen atoms in total. The quantitative estimate of drug-likeness (QED) is 0.699. The summed E-state index contributed by atoms with van der Waals surface area (Å²) in [6.45, 7) is 9.59. The third kappa shape index (κ3) is 6.85. The number of carbonyl (C=O) groups is 2. The fourth-order valence-corrected chi connectivity index (χ4v) is 2.49. The standard InChI is InChI=1S/C19H30N2O2/c1-5-6-13-20(17(4)22)14-12-19(23)21(16(2)3)15-18-10-8-7-9-11-18/h7-11,16H,5-6,12-15H2,1-4H3. The van der Waals surface area contributed by atoms with Crippen LogP contribution in [-0.4, -0.2) is 40.7 Å². The Hall–Kier alpha value is -1.84. The van der Waals surface area contributed by atoms with Gasteiger partial charge in [0, 0.05) is 39.0 Å². The highest BCUT2D eigenvalue weighted by Gasteiger charge is 2.19. The van der Waals surface area contributed by atoms with Gasteiger partial charge in [-0.05, 0) is 25.8 Å². The van der Waals surface area contributed by atoms with E-state index in [4.69, 9.17) is 0 Å². The number of hydrogen-bond donors (Lipinski definition) is 0. The Labute approximate surface area is 140 Å². The molecule has 1 rings (SSSR count). The van der Waals surface area contributed by atoms with Crippen molar-refractivity contribution in [2.75, 3.05) is 13.1 Å². The van der Waals surface area contributed by atoms with E-state index in [0.717, 1.165) is 24.9 Å². The second-order valence-electron chi connectivity index (χ2n) is 6.21. The predicted molar refractivity (Wildman–Crippen MR) is 93.9 cm³/mol. The van der Waals surface area contributed by atoms with Gasteiger partial charge in [0.25, 0.3) is 0 Å². The molecule has 0 saturated carbocycles. The van der Waals surface area contributed by atoms with Gasteiger partial charge < -0.3 is 9.80 Å². The molecule has 23 heavy (non-hydrogen) atoms. The summed E-state index contributed by atoms with van der Waals surface area (Å²) in [7, 11) is 0. The van der Waals surface area contributed by atoms with Crippen molar-refractivity contribution >= 4 is 11.8 Å². The van der Waals surface area contributed by atoms with Gasteiger partial charge in [-0.1, -0.05) is 43.7 Å². The minimum absolute atomic E-state index is 0.0467. The van der Waals surface area contributed by atoms with Crippen LogP contribution in [0.15, 0.2) is 30.3 Å². The fourth-order valence-electron chi connectivity index (χ4n) is 2.49. The summed E-state index contributed by atoms with van der Waals surface area (Å²) in [4.78, 5) is 27.9. The van der Waals surface area contributed by atoms with Crippen molar-refractivity contribution in [3.63, 3.8) is 0 Å². The minimum Gasteiger partial charge on any atom is -0.342 e. The van der Waals surface area contributed by atoms with Crippen LogP contribution < -0.4 is 0 Å². The first-order valence-electron chi connectivity index (χ1n) is 8.54. The highest BCUT2D eigenvalue weighted by molar-refractivity contribution is 5.78. The number of benzene rings is 1. The van der Waals surface area contributed by atoms with Crippen molar-refractivity contribution in [1.82, 2.24) is 9.80 Å². The van der Waals surface area contributed by atoms with Crippen LogP contribution >= 0.6 is 0 Å². The maximum Gasteiger partial charge on any atom is 0.224 e. The number of carbonyl (C=O) groups excluding carboxylic acids is 2. The number of unbranched alkanes of at least 4 members (excludes halogenated alkanes) is 1. The molecule has 0 aliphatic heterocycles. The first-order chi connectivity index (χ1) is 11.0. The Morgan fingerprint density at radius 3 is 2.26 bits per heavy atom. The van der Waals surface area contributed by atoms with Crippen LogP contribution in [-0.2, 0) is 16.1 Å². The first-order valence-corrected chi connectivity index (χ1v) is 8.54. The highest BCUT2D eigenvalue weighted by Crippen LogP contribution is 2.10. The van der Waals surface area contributed by atoms with Crippen molar-refractivity contribution in [3.05, 3.63) is 35.9 Å². The second-order valence-corrected chi connectivity index (χ2v) is 6.21. The molecule has 2 amide bonds. The van der Waals surface area contributed by atoms with Crippen molar-refractivity contribution in [1.29, 1.82) is 0 Å². The Morgan fingerprint density at radius 2 is 1.74 bits per heavy atom. The van der Waals surface area contributed by atoms with E-state index >= 15 is 0 Å². The zero-order valence-electron chi connectivity index (χ0n) is 14.9. The fraction of sp³-hybridized carbons (Fsp3) is 0.579. The molecular weight excluding hydrogens is 288 g/mol. The average Bonchev–Trinajstić information content (AvgIpc) is 2.52. The van der Waals surface area contributed by atoms with Crippen molar-refractivity contribution in [2.24, 2.45) is 0 Å². The molecule has 128 valence electrons. The minimum atomic E-state index is 0.0467. The summed E-state index contributed by atoms with van der Waals surface area (Å²) in [5, 5.41) is 0. The van der Waals surface area contributed by atoms with Gasteiger partial charge in [-0.15, -0.1) is 0 Å². The lowest BCUT2D eigenvalue weighted by Crippen LogP contribution is -2.39. The summed E-state index contributed by atoms with van der Waals surface area (Å²) < 4.78 is 0. The lowest BCUT2D eigenvalue weighted by molar-refractivity contribution is -0.135. The van der Waals surface area contributed by atoms with Gasteiger partial charge in [-0.2, -0.15) is 0 Å². The molecule has 0 unspecified atom stereocenters. The molecule has 0 spiro atoms. The van der Waals surface area contributed by atoms with Crippen LogP contribution in [0, 0.1) is 0 Å². The van der Waals surface area contributed by atoms with Crippen molar-refractivity contribution in [3.8, 4) is 0 Å². The van der Waals surface area contributed by atoms with E-state index in [1.54, 1.807) is 11.8 Å². The molecule has 0 aliphatic rings. The van der Waals surface area contributed by atoms with Gasteiger partial charge in [0.2, 0.25) is 11.8 Å². The monoisotopic (exact) mass is 318 g/mol. The van der Waals surface area contributed by atoms with Gasteiger partial charge in [0.15, 0.2) is 0 Å². The molecule has 0 saturated heterocycles. The molecule has 0 aliphatic carbocycles. The van der Waals surface area contributed by atoms with Crippen LogP contribution in [0.25, 0.3) is 0 Å². The van der Waals surface area contributed by atoms with Crippen LogP contribution in [0.1, 0.15) is 52.5 Å². The van der Waals surface area contributed by atoms with Gasteiger partial charge in [0.1, 0.15) is 0 Å². The molecular formula is C19H30N2O2. The molecule has 0 N–H and O–H groups in total. The summed E-state index contributed by atoms with van der Waals surface area (Å²) in [6.07, 6.45) is 2.41. The van der Waals surface area contributed by atoms with E-state index in [0.29, 0.717) is 19.5 Å². The van der Waals surface area contributed by atoms with Crippen molar-refractivity contribution < 1.29 is 9.59 Å². The topological polar surface area (TPSA) is 40.6 Å². The van der Waals surface area contributed by atoms with Crippen LogP contribution in [0.2, 0.25) is 0 Å². The summed E-state index contributed by atoms with van der Waals surface area (Å²) in [6, 6.07) is 10.2. The lowest BCUT2D eigenvalue weighted by Gasteiger charge is -2.28. The molecule has 0 atom stereocenters. The molecule has 0 bridgehead atoms. The Balaban J connectivity index is 2.62. The second kappa shape index (κ2) is 10.0. The average molecular weight is 318 g/mol. The number of nitrogens with zero attached hydrogens (tertiary/aromatic N) is 2. The van der Waals surface area contributed by atoms with Crippen LogP contribution in [0.4, 0.5) is 0 Å². The maximum absolute atomic E-state index is 12.6. The Kier molecular flexibility index (Phi) is 8.38. The molecule has 0 radical (unpaired) electrons. The molecule has 0 heterocycles. The van der Waals surface area contributed by atoms with Gasteiger partial charge in [-0.25, -0.2) is 0 Å². The lowest BCUT2D eigenvalue weighted by atomic mass is 10.1. The number of hydrogen-bond acceptors (Lipinski definition) is 2. The third-order valence-corrected chi connectivity index (χ3v) is 3.96. The van der Waals surface area contributed by atoms with Gasteiger partial charge >= 0.3 is 0 Å². The van der Waals surface area contributed by atoms with Crippen molar-refractivity contribution in [2.45, 2.75) is 59.5 Å². The predicted octanol–water partition coefficient (Wildman–Crippen LogP) is 3.46. The van der Waals surface area contributed by atoms with Crippen LogP contribution in [0.5, 0.6) is 0 Å². The normalized spacial score (nSPS) is 10.7. The molecule has 0 aromatic heterocycles. The van der Waals surface area contributed by atoms with Crippen LogP contribution in [0.3, 0.4) is 0 Å². The zero-order valence-corrected chi connectivity index (χ0v) is 14.9. The maximum atomic E-state index is 12.6. The van der Waals surface area contributed by atoms with Gasteiger partial charge in [0.05, 0.1) is 0 Å². The third-order valence-electron chi connectivity index (χ3n) is 3.96. The van der Waals surface area contributed by atoms with E-state index < -0.39 is 0 Å². The van der Waals surface area contributed by atoms with E-state index in [2.05, 4.69) is 6.92 Å². The number of rotatable bonds is 9. The van der Waals surface area contributed by atoms with E-state index in [1.165, 1.54) is 0 Å². The molecule has 1 aromatic carbocycles. The van der Waals surface area contributed by atoms with E-state index in [-0.39, 0.29) is 17.9 Å².